The van der Waals surface area contributed by atoms with Crippen molar-refractivity contribution in [3.8, 4) is 0 Å². The van der Waals surface area contributed by atoms with Crippen molar-refractivity contribution >= 4 is 27.5 Å². The molecule has 0 bridgehead atoms. The number of rotatable bonds is 2. The molecular weight excluding hydrogens is 323 g/mol. The van der Waals surface area contributed by atoms with Gasteiger partial charge in [0.1, 0.15) is 5.82 Å². The Kier molecular flexibility index (Phi) is 5.02. The number of nitrogens with zero attached hydrogens (tertiary/aromatic N) is 1. The zero-order chi connectivity index (χ0) is 14.7. The molecule has 0 unspecified atom stereocenters. The van der Waals surface area contributed by atoms with E-state index in [0.29, 0.717) is 10.0 Å². The van der Waals surface area contributed by atoms with Crippen LogP contribution in [0.2, 0.25) is 0 Å². The summed E-state index contributed by atoms with van der Waals surface area (Å²) in [6.07, 6.45) is 6.88. The predicted molar refractivity (Wildman–Crippen MR) is 82.1 cm³/mol. The summed E-state index contributed by atoms with van der Waals surface area (Å²) in [6, 6.07) is 2.93. The van der Waals surface area contributed by atoms with Crippen molar-refractivity contribution in [3.05, 3.63) is 28.0 Å². The van der Waals surface area contributed by atoms with E-state index >= 15 is 0 Å². The topological polar surface area (TPSA) is 46.3 Å². The second kappa shape index (κ2) is 6.57. The zero-order valence-electron chi connectivity index (χ0n) is 11.7. The molecule has 0 aliphatic heterocycles. The lowest BCUT2D eigenvalue weighted by atomic mass is 10.1. The molecule has 1 fully saturated rings. The van der Waals surface area contributed by atoms with E-state index in [4.69, 9.17) is 5.73 Å². The van der Waals surface area contributed by atoms with Crippen LogP contribution in [0.5, 0.6) is 0 Å². The molecule has 1 aromatic rings. The summed E-state index contributed by atoms with van der Waals surface area (Å²) < 4.78 is 13.8. The molecule has 1 aromatic carbocycles. The summed E-state index contributed by atoms with van der Waals surface area (Å²) in [5.74, 6) is -0.610. The van der Waals surface area contributed by atoms with Crippen LogP contribution < -0.4 is 5.73 Å². The lowest BCUT2D eigenvalue weighted by Crippen LogP contribution is -2.37. The molecule has 110 valence electrons. The van der Waals surface area contributed by atoms with E-state index in [1.165, 1.54) is 25.0 Å². The molecule has 5 heteroatoms. The summed E-state index contributed by atoms with van der Waals surface area (Å²) in [4.78, 5) is 14.3. The maximum atomic E-state index is 13.4. The number of amides is 1. The summed E-state index contributed by atoms with van der Waals surface area (Å²) >= 11 is 3.25. The lowest BCUT2D eigenvalue weighted by Gasteiger charge is -2.27. The number of carbonyl (C=O) groups is 1. The molecule has 0 atom stereocenters. The van der Waals surface area contributed by atoms with Crippen molar-refractivity contribution in [3.63, 3.8) is 0 Å². The first kappa shape index (κ1) is 15.3. The van der Waals surface area contributed by atoms with Gasteiger partial charge in [-0.15, -0.1) is 0 Å². The highest BCUT2D eigenvalue weighted by atomic mass is 79.9. The molecule has 0 aromatic heterocycles. The van der Waals surface area contributed by atoms with Gasteiger partial charge in [-0.2, -0.15) is 0 Å². The van der Waals surface area contributed by atoms with Gasteiger partial charge in [0.2, 0.25) is 0 Å². The van der Waals surface area contributed by atoms with Gasteiger partial charge in [0.25, 0.3) is 5.91 Å². The Bertz CT molecular complexity index is 499. The van der Waals surface area contributed by atoms with E-state index in [9.17, 15) is 9.18 Å². The molecule has 0 saturated heterocycles. The fourth-order valence-electron chi connectivity index (χ4n) is 2.73. The molecule has 1 aliphatic carbocycles. The number of hydrogen-bond acceptors (Lipinski definition) is 2. The summed E-state index contributed by atoms with van der Waals surface area (Å²) in [6.45, 7) is 0. The zero-order valence-corrected chi connectivity index (χ0v) is 13.2. The minimum atomic E-state index is -0.509. The summed E-state index contributed by atoms with van der Waals surface area (Å²) in [7, 11) is 1.82. The fraction of sp³-hybridized carbons (Fsp3) is 0.533. The molecule has 1 saturated carbocycles. The third-order valence-corrected chi connectivity index (χ3v) is 4.67. The Balaban J connectivity index is 2.19. The van der Waals surface area contributed by atoms with Gasteiger partial charge in [0.05, 0.1) is 11.3 Å². The van der Waals surface area contributed by atoms with Crippen LogP contribution in [-0.4, -0.2) is 23.9 Å². The van der Waals surface area contributed by atoms with Crippen molar-refractivity contribution < 1.29 is 9.18 Å². The Labute approximate surface area is 127 Å². The van der Waals surface area contributed by atoms with Crippen molar-refractivity contribution in [2.75, 3.05) is 12.8 Å². The standard InChI is InChI=1S/C15H20BrFN2O/c1-19(10-6-4-2-3-5-7-10)15(20)11-8-14(18)13(17)9-12(11)16/h8-10H,2-7,18H2,1H3. The van der Waals surface area contributed by atoms with E-state index < -0.39 is 5.82 Å². The third-order valence-electron chi connectivity index (χ3n) is 4.01. The Morgan fingerprint density at radius 1 is 1.30 bits per heavy atom. The monoisotopic (exact) mass is 342 g/mol. The molecule has 2 N–H and O–H groups in total. The number of anilines is 1. The molecule has 2 rings (SSSR count). The van der Waals surface area contributed by atoms with Gasteiger partial charge < -0.3 is 10.6 Å². The van der Waals surface area contributed by atoms with Crippen LogP contribution in [0.1, 0.15) is 48.9 Å². The van der Waals surface area contributed by atoms with Crippen LogP contribution >= 0.6 is 15.9 Å². The van der Waals surface area contributed by atoms with Crippen molar-refractivity contribution in [1.82, 2.24) is 4.90 Å². The second-order valence-corrected chi connectivity index (χ2v) is 6.27. The second-order valence-electron chi connectivity index (χ2n) is 5.42. The Hall–Kier alpha value is -1.10. The van der Waals surface area contributed by atoms with Gasteiger partial charge in [-0.3, -0.25) is 4.79 Å². The van der Waals surface area contributed by atoms with Crippen LogP contribution in [0.4, 0.5) is 10.1 Å². The minimum absolute atomic E-state index is 0.00539. The Morgan fingerprint density at radius 2 is 1.90 bits per heavy atom. The average Bonchev–Trinajstić information content (AvgIpc) is 2.70. The normalized spacial score (nSPS) is 16.8. The van der Waals surface area contributed by atoms with Gasteiger partial charge in [0.15, 0.2) is 0 Å². The van der Waals surface area contributed by atoms with Gasteiger partial charge in [-0.05, 0) is 40.9 Å². The smallest absolute Gasteiger partial charge is 0.255 e. The van der Waals surface area contributed by atoms with Crippen LogP contribution in [0.15, 0.2) is 16.6 Å². The first-order chi connectivity index (χ1) is 9.50. The average molecular weight is 343 g/mol. The van der Waals surface area contributed by atoms with Crippen LogP contribution in [-0.2, 0) is 0 Å². The predicted octanol–water partition coefficient (Wildman–Crippen LogP) is 3.97. The van der Waals surface area contributed by atoms with Crippen molar-refractivity contribution in [1.29, 1.82) is 0 Å². The largest absolute Gasteiger partial charge is 0.396 e. The number of halogens is 2. The van der Waals surface area contributed by atoms with E-state index in [1.54, 1.807) is 4.90 Å². The SMILES string of the molecule is CN(C(=O)c1cc(N)c(F)cc1Br)C1CCCCCC1. The van der Waals surface area contributed by atoms with E-state index in [-0.39, 0.29) is 17.6 Å². The first-order valence-electron chi connectivity index (χ1n) is 7.02. The van der Waals surface area contributed by atoms with Gasteiger partial charge in [-0.25, -0.2) is 4.39 Å². The van der Waals surface area contributed by atoms with E-state index in [2.05, 4.69) is 15.9 Å². The first-order valence-corrected chi connectivity index (χ1v) is 7.81. The highest BCUT2D eigenvalue weighted by molar-refractivity contribution is 9.10. The number of hydrogen-bond donors (Lipinski definition) is 1. The molecule has 0 heterocycles. The number of nitrogens with two attached hydrogens (primary N) is 1. The van der Waals surface area contributed by atoms with Crippen LogP contribution in [0.3, 0.4) is 0 Å². The van der Waals surface area contributed by atoms with Crippen molar-refractivity contribution in [2.45, 2.75) is 44.6 Å². The quantitative estimate of drug-likeness (QED) is 0.653. The molecule has 0 spiro atoms. The van der Waals surface area contributed by atoms with Gasteiger partial charge in [0, 0.05) is 17.6 Å². The van der Waals surface area contributed by atoms with Gasteiger partial charge in [-0.1, -0.05) is 25.7 Å². The Morgan fingerprint density at radius 3 is 2.50 bits per heavy atom. The lowest BCUT2D eigenvalue weighted by molar-refractivity contribution is 0.0717. The maximum absolute atomic E-state index is 13.4. The summed E-state index contributed by atoms with van der Waals surface area (Å²) in [5, 5.41) is 0. The van der Waals surface area contributed by atoms with Crippen LogP contribution in [0.25, 0.3) is 0 Å². The number of carbonyl (C=O) groups excluding carboxylic acids is 1. The fourth-order valence-corrected chi connectivity index (χ4v) is 3.22. The van der Waals surface area contributed by atoms with Crippen LogP contribution in [0, 0.1) is 5.82 Å². The number of nitrogen functional groups attached to an aromatic ring is 1. The summed E-state index contributed by atoms with van der Waals surface area (Å²) in [5.41, 5.74) is 6.00. The maximum Gasteiger partial charge on any atom is 0.255 e. The molecule has 20 heavy (non-hydrogen) atoms. The molecule has 3 nitrogen and oxygen atoms in total. The number of benzene rings is 1. The highest BCUT2D eigenvalue weighted by Gasteiger charge is 2.24. The van der Waals surface area contributed by atoms with E-state index in [1.807, 2.05) is 7.05 Å². The minimum Gasteiger partial charge on any atom is -0.396 e. The third kappa shape index (κ3) is 3.32. The van der Waals surface area contributed by atoms with Gasteiger partial charge >= 0.3 is 0 Å². The molecule has 1 aliphatic rings. The molecule has 0 radical (unpaired) electrons. The highest BCUT2D eigenvalue weighted by Crippen LogP contribution is 2.27. The van der Waals surface area contributed by atoms with E-state index in [0.717, 1.165) is 25.7 Å². The molecule has 1 amide bonds. The molecular formula is C15H20BrFN2O. The van der Waals surface area contributed by atoms with Crippen molar-refractivity contribution in [2.24, 2.45) is 0 Å².